The Balaban J connectivity index is 1.67. The fourth-order valence-electron chi connectivity index (χ4n) is 3.38. The number of hydrogen-bond acceptors (Lipinski definition) is 3. The number of imide groups is 1. The molecule has 0 aromatic heterocycles. The summed E-state index contributed by atoms with van der Waals surface area (Å²) in [6.45, 7) is 0.366. The van der Waals surface area contributed by atoms with Gasteiger partial charge in [-0.3, -0.25) is 9.59 Å². The Morgan fingerprint density at radius 3 is 2.31 bits per heavy atom. The Hall–Kier alpha value is -3.73. The van der Waals surface area contributed by atoms with Gasteiger partial charge < -0.3 is 10.2 Å². The number of rotatable bonds is 1. The van der Waals surface area contributed by atoms with Crippen LogP contribution in [0.3, 0.4) is 0 Å². The third kappa shape index (κ3) is 3.43. The summed E-state index contributed by atoms with van der Waals surface area (Å²) < 4.78 is 29.4. The third-order valence-corrected chi connectivity index (χ3v) is 4.75. The van der Waals surface area contributed by atoms with E-state index in [0.29, 0.717) is 10.5 Å². The summed E-state index contributed by atoms with van der Waals surface area (Å²) in [5.74, 6) is 2.00. The quantitative estimate of drug-likeness (QED) is 0.752. The second kappa shape index (κ2) is 7.36. The summed E-state index contributed by atoms with van der Waals surface area (Å²) in [6, 6.07) is 8.99. The molecule has 2 fully saturated rings. The van der Waals surface area contributed by atoms with Crippen LogP contribution in [0.15, 0.2) is 42.5 Å². The maximum Gasteiger partial charge on any atom is 0.332 e. The van der Waals surface area contributed by atoms with Crippen molar-refractivity contribution in [2.75, 3.05) is 18.0 Å². The minimum absolute atomic E-state index is 0.0692. The number of amides is 4. The van der Waals surface area contributed by atoms with E-state index < -0.39 is 41.2 Å². The average molecular weight is 395 g/mol. The van der Waals surface area contributed by atoms with Gasteiger partial charge in [0.25, 0.3) is 0 Å². The van der Waals surface area contributed by atoms with Crippen molar-refractivity contribution in [2.45, 2.75) is 12.5 Å². The highest BCUT2D eigenvalue weighted by molar-refractivity contribution is 6.18. The van der Waals surface area contributed by atoms with Crippen LogP contribution < -0.4 is 10.2 Å². The molecule has 4 rings (SSSR count). The average Bonchev–Trinajstić information content (AvgIpc) is 2.70. The zero-order chi connectivity index (χ0) is 20.5. The van der Waals surface area contributed by atoms with Crippen LogP contribution in [0.4, 0.5) is 19.3 Å². The molecular weight excluding hydrogens is 380 g/mol. The lowest BCUT2D eigenvalue weighted by atomic mass is 10.0. The molecule has 0 bridgehead atoms. The van der Waals surface area contributed by atoms with E-state index in [1.54, 1.807) is 24.3 Å². The first-order valence-electron chi connectivity index (χ1n) is 8.93. The lowest BCUT2D eigenvalue weighted by Crippen LogP contribution is -2.65. The monoisotopic (exact) mass is 395 g/mol. The Bertz CT molecular complexity index is 1050. The first kappa shape index (κ1) is 18.6. The van der Waals surface area contributed by atoms with Crippen LogP contribution >= 0.6 is 0 Å². The number of urea groups is 1. The van der Waals surface area contributed by atoms with Gasteiger partial charge >= 0.3 is 6.03 Å². The van der Waals surface area contributed by atoms with Gasteiger partial charge in [0.2, 0.25) is 11.8 Å². The van der Waals surface area contributed by atoms with Crippen LogP contribution in [0.25, 0.3) is 0 Å². The van der Waals surface area contributed by atoms with Crippen molar-refractivity contribution in [3.8, 4) is 11.8 Å². The smallest absolute Gasteiger partial charge is 0.332 e. The summed E-state index contributed by atoms with van der Waals surface area (Å²) in [7, 11) is 0. The molecule has 1 unspecified atom stereocenters. The van der Waals surface area contributed by atoms with Crippen molar-refractivity contribution in [3.05, 3.63) is 65.2 Å². The number of anilines is 1. The lowest BCUT2D eigenvalue weighted by molar-refractivity contribution is -0.133. The van der Waals surface area contributed by atoms with E-state index >= 15 is 0 Å². The SMILES string of the molecule is O=C1NCCN2C(=O)N(c3c(F)cc(C#Cc4ccccc4)cc3F)C(=O)CC12. The first-order chi connectivity index (χ1) is 14.0. The fraction of sp³-hybridized carbons (Fsp3) is 0.190. The highest BCUT2D eigenvalue weighted by Gasteiger charge is 2.45. The standard InChI is InChI=1S/C21H15F2N3O3/c22-15-10-14(7-6-13-4-2-1-3-5-13)11-16(23)19(15)26-18(27)12-17-20(28)24-8-9-25(17)21(26)29/h1-5,10-11,17H,8-9,12H2,(H,24,28). The molecule has 2 saturated heterocycles. The van der Waals surface area contributed by atoms with Gasteiger partial charge in [-0.25, -0.2) is 18.5 Å². The molecule has 1 N–H and O–H groups in total. The van der Waals surface area contributed by atoms with Crippen molar-refractivity contribution in [3.63, 3.8) is 0 Å². The largest absolute Gasteiger partial charge is 0.353 e. The van der Waals surface area contributed by atoms with E-state index in [9.17, 15) is 23.2 Å². The normalized spacial score (nSPS) is 18.7. The second-order valence-corrected chi connectivity index (χ2v) is 6.62. The van der Waals surface area contributed by atoms with Crippen molar-refractivity contribution in [1.29, 1.82) is 0 Å². The minimum Gasteiger partial charge on any atom is -0.353 e. The molecule has 0 aliphatic carbocycles. The number of carbonyl (C=O) groups is 3. The van der Waals surface area contributed by atoms with Gasteiger partial charge in [-0.15, -0.1) is 0 Å². The van der Waals surface area contributed by atoms with Crippen LogP contribution in [-0.2, 0) is 9.59 Å². The minimum atomic E-state index is -1.08. The number of piperazine rings is 1. The molecule has 0 saturated carbocycles. The summed E-state index contributed by atoms with van der Waals surface area (Å²) in [5.41, 5.74) is -0.0115. The molecule has 2 aliphatic heterocycles. The topological polar surface area (TPSA) is 69.7 Å². The van der Waals surface area contributed by atoms with E-state index in [1.165, 1.54) is 0 Å². The summed E-state index contributed by atoms with van der Waals surface area (Å²) in [5, 5.41) is 2.57. The van der Waals surface area contributed by atoms with Gasteiger partial charge in [-0.1, -0.05) is 30.0 Å². The van der Waals surface area contributed by atoms with E-state index in [-0.39, 0.29) is 25.1 Å². The number of nitrogens with zero attached hydrogens (tertiary/aromatic N) is 2. The van der Waals surface area contributed by atoms with Gasteiger partial charge in [0.05, 0.1) is 6.42 Å². The molecule has 29 heavy (non-hydrogen) atoms. The number of hydrogen-bond donors (Lipinski definition) is 1. The Morgan fingerprint density at radius 2 is 1.62 bits per heavy atom. The van der Waals surface area contributed by atoms with E-state index in [0.717, 1.165) is 17.0 Å². The molecule has 1 atom stereocenters. The van der Waals surface area contributed by atoms with Crippen molar-refractivity contribution < 1.29 is 23.2 Å². The molecule has 2 heterocycles. The molecule has 2 aromatic rings. The summed E-state index contributed by atoms with van der Waals surface area (Å²) in [4.78, 5) is 38.7. The molecule has 146 valence electrons. The van der Waals surface area contributed by atoms with E-state index in [4.69, 9.17) is 0 Å². The van der Waals surface area contributed by atoms with Crippen molar-refractivity contribution >= 4 is 23.5 Å². The molecule has 4 amide bonds. The third-order valence-electron chi connectivity index (χ3n) is 4.75. The molecule has 0 spiro atoms. The van der Waals surface area contributed by atoms with Crippen LogP contribution in [0.2, 0.25) is 0 Å². The highest BCUT2D eigenvalue weighted by atomic mass is 19.1. The maximum absolute atomic E-state index is 14.7. The van der Waals surface area contributed by atoms with Gasteiger partial charge in [-0.2, -0.15) is 0 Å². The van der Waals surface area contributed by atoms with Crippen LogP contribution in [0, 0.1) is 23.5 Å². The van der Waals surface area contributed by atoms with Gasteiger partial charge in [0, 0.05) is 24.2 Å². The first-order valence-corrected chi connectivity index (χ1v) is 8.93. The maximum atomic E-state index is 14.7. The predicted octanol–water partition coefficient (Wildman–Crippen LogP) is 2.02. The summed E-state index contributed by atoms with van der Waals surface area (Å²) >= 11 is 0. The fourth-order valence-corrected chi connectivity index (χ4v) is 3.38. The molecule has 0 radical (unpaired) electrons. The Morgan fingerprint density at radius 1 is 0.966 bits per heavy atom. The summed E-state index contributed by atoms with van der Waals surface area (Å²) in [6.07, 6.45) is -0.341. The molecular formula is C21H15F2N3O3. The molecule has 2 aromatic carbocycles. The number of fused-ring (bicyclic) bond motifs is 1. The van der Waals surface area contributed by atoms with Gasteiger partial charge in [0.15, 0.2) is 11.6 Å². The highest BCUT2D eigenvalue weighted by Crippen LogP contribution is 2.30. The lowest BCUT2D eigenvalue weighted by Gasteiger charge is -2.41. The van der Waals surface area contributed by atoms with E-state index in [2.05, 4.69) is 17.2 Å². The van der Waals surface area contributed by atoms with Gasteiger partial charge in [-0.05, 0) is 24.3 Å². The molecule has 8 heteroatoms. The van der Waals surface area contributed by atoms with Crippen LogP contribution in [-0.4, -0.2) is 41.9 Å². The molecule has 6 nitrogen and oxygen atoms in total. The Kier molecular flexibility index (Phi) is 4.72. The van der Waals surface area contributed by atoms with E-state index in [1.807, 2.05) is 6.07 Å². The van der Waals surface area contributed by atoms with Gasteiger partial charge in [0.1, 0.15) is 11.7 Å². The number of benzene rings is 2. The van der Waals surface area contributed by atoms with Crippen LogP contribution in [0.5, 0.6) is 0 Å². The predicted molar refractivity (Wildman–Crippen MR) is 99.8 cm³/mol. The zero-order valence-electron chi connectivity index (χ0n) is 15.1. The number of nitrogens with one attached hydrogen (secondary N) is 1. The van der Waals surface area contributed by atoms with Crippen molar-refractivity contribution in [1.82, 2.24) is 10.2 Å². The Labute approximate surface area is 165 Å². The second-order valence-electron chi connectivity index (χ2n) is 6.62. The number of carbonyl (C=O) groups excluding carboxylic acids is 3. The number of halogens is 2. The zero-order valence-corrected chi connectivity index (χ0v) is 15.1. The molecule has 2 aliphatic rings. The van der Waals surface area contributed by atoms with Crippen LogP contribution in [0.1, 0.15) is 17.5 Å². The van der Waals surface area contributed by atoms with Crippen molar-refractivity contribution in [2.24, 2.45) is 0 Å².